The molecule has 0 spiro atoms. The average molecular weight is 286 g/mol. The van der Waals surface area contributed by atoms with E-state index in [2.05, 4.69) is 12.2 Å². The maximum atomic E-state index is 13.0. The first-order chi connectivity index (χ1) is 9.61. The lowest BCUT2D eigenvalue weighted by molar-refractivity contribution is -0.147. The smallest absolute Gasteiger partial charge is 0.230 e. The lowest BCUT2D eigenvalue weighted by Crippen LogP contribution is -2.55. The fraction of sp³-hybridized carbons (Fsp3) is 0.933. The van der Waals surface area contributed by atoms with E-state index in [1.807, 2.05) is 11.8 Å². The molecule has 5 heteroatoms. The highest BCUT2D eigenvalue weighted by atomic mass is 16.5. The summed E-state index contributed by atoms with van der Waals surface area (Å²) in [5.41, 5.74) is -0.256. The van der Waals surface area contributed by atoms with Crippen molar-refractivity contribution in [3.05, 3.63) is 0 Å². The second-order valence-corrected chi connectivity index (χ2v) is 5.71. The van der Waals surface area contributed by atoms with Gasteiger partial charge in [0.05, 0.1) is 24.7 Å². The Morgan fingerprint density at radius 3 is 2.65 bits per heavy atom. The van der Waals surface area contributed by atoms with Crippen molar-refractivity contribution in [2.45, 2.75) is 39.2 Å². The summed E-state index contributed by atoms with van der Waals surface area (Å²) in [6.45, 7) is 7.70. The molecule has 0 saturated carbocycles. The fourth-order valence-corrected chi connectivity index (χ4v) is 2.95. The molecule has 0 aromatic heterocycles. The Hall–Kier alpha value is -0.650. The van der Waals surface area contributed by atoms with E-state index in [0.29, 0.717) is 19.8 Å². The maximum Gasteiger partial charge on any atom is 0.230 e. The molecule has 1 fully saturated rings. The van der Waals surface area contributed by atoms with Gasteiger partial charge in [0.15, 0.2) is 0 Å². The number of nitrogens with one attached hydrogen (secondary N) is 1. The third-order valence-electron chi connectivity index (χ3n) is 4.34. The Balaban J connectivity index is 2.83. The third kappa shape index (κ3) is 4.17. The average Bonchev–Trinajstić information content (AvgIpc) is 2.48. The summed E-state index contributed by atoms with van der Waals surface area (Å²) in [6, 6.07) is 0.0769. The van der Waals surface area contributed by atoms with Crippen LogP contribution in [-0.2, 0) is 14.3 Å². The number of piperidine rings is 1. The SMILES string of the molecule is CCC1(C(=O)N(CCOC)C(C)COC)CCCNC1. The number of nitrogens with zero attached hydrogens (tertiary/aromatic N) is 1. The van der Waals surface area contributed by atoms with Crippen molar-refractivity contribution < 1.29 is 14.3 Å². The predicted molar refractivity (Wildman–Crippen MR) is 79.8 cm³/mol. The van der Waals surface area contributed by atoms with Gasteiger partial charge in [0.1, 0.15) is 0 Å². The zero-order chi connectivity index (χ0) is 15.0. The summed E-state index contributed by atoms with van der Waals surface area (Å²) in [6.07, 6.45) is 2.91. The number of methoxy groups -OCH3 is 2. The zero-order valence-corrected chi connectivity index (χ0v) is 13.4. The Morgan fingerprint density at radius 1 is 1.40 bits per heavy atom. The molecule has 0 aromatic rings. The molecule has 1 amide bonds. The van der Waals surface area contributed by atoms with E-state index in [4.69, 9.17) is 9.47 Å². The molecular formula is C15H30N2O3. The van der Waals surface area contributed by atoms with E-state index in [9.17, 15) is 4.79 Å². The number of carbonyl (C=O) groups is 1. The van der Waals surface area contributed by atoms with Gasteiger partial charge in [-0.1, -0.05) is 6.92 Å². The minimum atomic E-state index is -0.256. The minimum Gasteiger partial charge on any atom is -0.383 e. The topological polar surface area (TPSA) is 50.8 Å². The van der Waals surface area contributed by atoms with Crippen molar-refractivity contribution in [2.24, 2.45) is 5.41 Å². The van der Waals surface area contributed by atoms with Crippen LogP contribution in [0.4, 0.5) is 0 Å². The Labute approximate surface area is 123 Å². The molecule has 1 heterocycles. The van der Waals surface area contributed by atoms with Gasteiger partial charge in [-0.2, -0.15) is 0 Å². The Kier molecular flexibility index (Phi) is 7.48. The van der Waals surface area contributed by atoms with Crippen molar-refractivity contribution in [2.75, 3.05) is 47.1 Å². The van der Waals surface area contributed by atoms with Gasteiger partial charge in [0, 0.05) is 27.3 Å². The quantitative estimate of drug-likeness (QED) is 0.730. The molecule has 1 N–H and O–H groups in total. The summed E-state index contributed by atoms with van der Waals surface area (Å²) >= 11 is 0. The van der Waals surface area contributed by atoms with Crippen molar-refractivity contribution in [1.82, 2.24) is 10.2 Å². The summed E-state index contributed by atoms with van der Waals surface area (Å²) in [4.78, 5) is 15.0. The molecule has 2 unspecified atom stereocenters. The van der Waals surface area contributed by atoms with Gasteiger partial charge in [-0.15, -0.1) is 0 Å². The van der Waals surface area contributed by atoms with Crippen molar-refractivity contribution in [1.29, 1.82) is 0 Å². The second-order valence-electron chi connectivity index (χ2n) is 5.71. The number of rotatable bonds is 8. The molecule has 1 rings (SSSR count). The third-order valence-corrected chi connectivity index (χ3v) is 4.34. The van der Waals surface area contributed by atoms with Crippen LogP contribution < -0.4 is 5.32 Å². The lowest BCUT2D eigenvalue weighted by atomic mass is 9.77. The molecule has 0 aliphatic carbocycles. The van der Waals surface area contributed by atoms with Gasteiger partial charge in [0.25, 0.3) is 0 Å². The van der Waals surface area contributed by atoms with E-state index in [0.717, 1.165) is 32.4 Å². The molecule has 0 radical (unpaired) electrons. The molecule has 1 aliphatic heterocycles. The first-order valence-electron chi connectivity index (χ1n) is 7.61. The van der Waals surface area contributed by atoms with Crippen LogP contribution in [0.25, 0.3) is 0 Å². The van der Waals surface area contributed by atoms with E-state index in [1.165, 1.54) is 0 Å². The normalized spacial score (nSPS) is 24.4. The number of hydrogen-bond donors (Lipinski definition) is 1. The van der Waals surface area contributed by atoms with Gasteiger partial charge in [-0.25, -0.2) is 0 Å². The summed E-state index contributed by atoms with van der Waals surface area (Å²) in [5.74, 6) is 0.244. The first-order valence-corrected chi connectivity index (χ1v) is 7.61. The number of ether oxygens (including phenoxy) is 2. The lowest BCUT2D eigenvalue weighted by Gasteiger charge is -2.41. The summed E-state index contributed by atoms with van der Waals surface area (Å²) in [5, 5.41) is 3.38. The highest BCUT2D eigenvalue weighted by molar-refractivity contribution is 5.83. The van der Waals surface area contributed by atoms with Gasteiger partial charge >= 0.3 is 0 Å². The minimum absolute atomic E-state index is 0.0769. The molecule has 1 aliphatic rings. The maximum absolute atomic E-state index is 13.0. The number of hydrogen-bond acceptors (Lipinski definition) is 4. The molecule has 0 bridgehead atoms. The highest BCUT2D eigenvalue weighted by Gasteiger charge is 2.41. The summed E-state index contributed by atoms with van der Waals surface area (Å²) in [7, 11) is 3.34. The van der Waals surface area contributed by atoms with Crippen LogP contribution in [0, 0.1) is 5.41 Å². The molecule has 118 valence electrons. The molecule has 20 heavy (non-hydrogen) atoms. The Morgan fingerprint density at radius 2 is 2.15 bits per heavy atom. The first kappa shape index (κ1) is 17.4. The van der Waals surface area contributed by atoms with Crippen LogP contribution in [-0.4, -0.2) is 63.9 Å². The predicted octanol–water partition coefficient (Wildman–Crippen LogP) is 1.28. The highest BCUT2D eigenvalue weighted by Crippen LogP contribution is 2.33. The van der Waals surface area contributed by atoms with Crippen LogP contribution in [0.15, 0.2) is 0 Å². The van der Waals surface area contributed by atoms with Crippen LogP contribution in [0.3, 0.4) is 0 Å². The van der Waals surface area contributed by atoms with Crippen LogP contribution in [0.5, 0.6) is 0 Å². The largest absolute Gasteiger partial charge is 0.383 e. The van der Waals surface area contributed by atoms with Crippen molar-refractivity contribution >= 4 is 5.91 Å². The van der Waals surface area contributed by atoms with E-state index < -0.39 is 0 Å². The van der Waals surface area contributed by atoms with Gasteiger partial charge in [-0.05, 0) is 32.7 Å². The van der Waals surface area contributed by atoms with Crippen LogP contribution >= 0.6 is 0 Å². The monoisotopic (exact) mass is 286 g/mol. The van der Waals surface area contributed by atoms with E-state index in [-0.39, 0.29) is 17.4 Å². The van der Waals surface area contributed by atoms with Crippen LogP contribution in [0.1, 0.15) is 33.1 Å². The van der Waals surface area contributed by atoms with Crippen molar-refractivity contribution in [3.63, 3.8) is 0 Å². The van der Waals surface area contributed by atoms with E-state index in [1.54, 1.807) is 14.2 Å². The van der Waals surface area contributed by atoms with E-state index >= 15 is 0 Å². The molecule has 1 saturated heterocycles. The van der Waals surface area contributed by atoms with Crippen LogP contribution in [0.2, 0.25) is 0 Å². The van der Waals surface area contributed by atoms with Gasteiger partial charge in [-0.3, -0.25) is 4.79 Å². The number of amides is 1. The standard InChI is InChI=1S/C15H30N2O3/c1-5-15(7-6-8-16-12-15)14(18)17(9-10-19-3)13(2)11-20-4/h13,16H,5-12H2,1-4H3. The molecule has 0 aromatic carbocycles. The summed E-state index contributed by atoms with van der Waals surface area (Å²) < 4.78 is 10.4. The zero-order valence-electron chi connectivity index (χ0n) is 13.4. The number of carbonyl (C=O) groups excluding carboxylic acids is 1. The fourth-order valence-electron chi connectivity index (χ4n) is 2.95. The van der Waals surface area contributed by atoms with Crippen molar-refractivity contribution in [3.8, 4) is 0 Å². The second kappa shape index (κ2) is 8.60. The molecule has 5 nitrogen and oxygen atoms in total. The van der Waals surface area contributed by atoms with Gasteiger partial charge < -0.3 is 19.7 Å². The molecular weight excluding hydrogens is 256 g/mol. The Bertz CT molecular complexity index is 291. The molecule has 2 atom stereocenters. The van der Waals surface area contributed by atoms with Gasteiger partial charge in [0.2, 0.25) is 5.91 Å².